The predicted octanol–water partition coefficient (Wildman–Crippen LogP) is 19.4. The van der Waals surface area contributed by atoms with Gasteiger partial charge in [-0.1, -0.05) is 275 Å². The Hall–Kier alpha value is -2.63. The molecule has 0 N–H and O–H groups in total. The summed E-state index contributed by atoms with van der Waals surface area (Å²) in [5.74, 6) is -0.868. The van der Waals surface area contributed by atoms with Crippen LogP contribution in [0.25, 0.3) is 0 Å². The predicted molar refractivity (Wildman–Crippen MR) is 289 cm³/mol. The first-order valence-electron chi connectivity index (χ1n) is 29.1. The van der Waals surface area contributed by atoms with E-state index in [4.69, 9.17) is 14.2 Å². The van der Waals surface area contributed by atoms with E-state index >= 15 is 0 Å². The van der Waals surface area contributed by atoms with Gasteiger partial charge in [0.25, 0.3) is 0 Å². The van der Waals surface area contributed by atoms with Crippen molar-refractivity contribution in [1.82, 2.24) is 0 Å². The Morgan fingerprint density at radius 1 is 0.313 bits per heavy atom. The molecule has 0 amide bonds. The van der Waals surface area contributed by atoms with E-state index in [9.17, 15) is 14.4 Å². The van der Waals surface area contributed by atoms with Crippen molar-refractivity contribution in [1.29, 1.82) is 0 Å². The summed E-state index contributed by atoms with van der Waals surface area (Å²) in [5, 5.41) is 0. The summed E-state index contributed by atoms with van der Waals surface area (Å²) in [6.45, 7) is 6.48. The van der Waals surface area contributed by atoms with E-state index in [2.05, 4.69) is 69.4 Å². The van der Waals surface area contributed by atoms with Crippen LogP contribution in [0, 0.1) is 0 Å². The molecule has 6 nitrogen and oxygen atoms in total. The van der Waals surface area contributed by atoms with Gasteiger partial charge in [-0.05, 0) is 57.8 Å². The number of rotatable bonds is 53. The lowest BCUT2D eigenvalue weighted by atomic mass is 10.0. The lowest BCUT2D eigenvalue weighted by Gasteiger charge is -2.18. The van der Waals surface area contributed by atoms with Gasteiger partial charge in [0.2, 0.25) is 0 Å². The molecule has 0 heterocycles. The zero-order valence-corrected chi connectivity index (χ0v) is 44.7. The topological polar surface area (TPSA) is 78.9 Å². The van der Waals surface area contributed by atoms with Crippen molar-refractivity contribution in [3.8, 4) is 0 Å². The summed E-state index contributed by atoms with van der Waals surface area (Å²) in [6.07, 6.45) is 68.7. The molecule has 0 bridgehead atoms. The first kappa shape index (κ1) is 64.4. The minimum atomic E-state index is -0.765. The van der Waals surface area contributed by atoms with E-state index in [0.717, 1.165) is 89.9 Å². The number of hydrogen-bond acceptors (Lipinski definition) is 6. The molecule has 0 aromatic carbocycles. The van der Waals surface area contributed by atoms with E-state index in [1.807, 2.05) is 0 Å². The zero-order valence-electron chi connectivity index (χ0n) is 44.7. The van der Waals surface area contributed by atoms with Gasteiger partial charge in [0.1, 0.15) is 13.2 Å². The fraction of sp³-hybridized carbons (Fsp3) is 0.820. The molecule has 0 fully saturated rings. The Bertz CT molecular complexity index is 1170. The smallest absolute Gasteiger partial charge is 0.306 e. The normalized spacial score (nSPS) is 12.3. The number of esters is 3. The van der Waals surface area contributed by atoms with Crippen LogP contribution in [0.2, 0.25) is 0 Å². The molecule has 0 saturated carbocycles. The number of ether oxygens (including phenoxy) is 3. The molecule has 0 rings (SSSR count). The van der Waals surface area contributed by atoms with Gasteiger partial charge < -0.3 is 14.2 Å². The average Bonchev–Trinajstić information content (AvgIpc) is 3.33. The molecular formula is C61H110O6. The Labute approximate surface area is 416 Å². The zero-order chi connectivity index (χ0) is 48.6. The van der Waals surface area contributed by atoms with Gasteiger partial charge in [-0.15, -0.1) is 0 Å². The summed E-state index contributed by atoms with van der Waals surface area (Å²) in [7, 11) is 0. The summed E-state index contributed by atoms with van der Waals surface area (Å²) < 4.78 is 16.7. The van der Waals surface area contributed by atoms with Gasteiger partial charge in [0.15, 0.2) is 6.10 Å². The van der Waals surface area contributed by atoms with Crippen molar-refractivity contribution >= 4 is 17.9 Å². The van der Waals surface area contributed by atoms with Crippen LogP contribution in [0.3, 0.4) is 0 Å². The maximum absolute atomic E-state index is 12.8. The lowest BCUT2D eigenvalue weighted by molar-refractivity contribution is -0.167. The molecule has 6 heteroatoms. The Morgan fingerprint density at radius 2 is 0.582 bits per heavy atom. The first-order chi connectivity index (χ1) is 33.0. The van der Waals surface area contributed by atoms with Crippen LogP contribution in [0.4, 0.5) is 0 Å². The fourth-order valence-corrected chi connectivity index (χ4v) is 8.49. The van der Waals surface area contributed by atoms with Crippen LogP contribution in [-0.2, 0) is 28.6 Å². The van der Waals surface area contributed by atoms with Crippen molar-refractivity contribution in [3.63, 3.8) is 0 Å². The van der Waals surface area contributed by atoms with Crippen LogP contribution < -0.4 is 0 Å². The second kappa shape index (κ2) is 56.0. The first-order valence-corrected chi connectivity index (χ1v) is 29.1. The molecule has 67 heavy (non-hydrogen) atoms. The van der Waals surface area contributed by atoms with E-state index in [1.54, 1.807) is 0 Å². The second-order valence-electron chi connectivity index (χ2n) is 19.5. The molecule has 1 atom stereocenters. The highest BCUT2D eigenvalue weighted by atomic mass is 16.6. The SMILES string of the molecule is CC/C=C\C/C=C\C/C=C\C/C=C\CCCCCCCCCCCCCCCCC(=O)OCC(COC(=O)CCCCCCC)OC(=O)CCCCCCCCCCCCCCCCCCC. The molecule has 0 aliphatic rings. The number of carbonyl (C=O) groups is 3. The minimum Gasteiger partial charge on any atom is -0.462 e. The molecule has 0 spiro atoms. The Balaban J connectivity index is 4.01. The van der Waals surface area contributed by atoms with E-state index in [-0.39, 0.29) is 31.1 Å². The highest BCUT2D eigenvalue weighted by molar-refractivity contribution is 5.71. The molecule has 0 aliphatic carbocycles. The van der Waals surface area contributed by atoms with Crippen LogP contribution in [0.1, 0.15) is 303 Å². The summed E-state index contributed by atoms with van der Waals surface area (Å²) >= 11 is 0. The van der Waals surface area contributed by atoms with E-state index < -0.39 is 6.10 Å². The van der Waals surface area contributed by atoms with Gasteiger partial charge in [-0.3, -0.25) is 14.4 Å². The summed E-state index contributed by atoms with van der Waals surface area (Å²) in [4.78, 5) is 37.8. The molecule has 0 aromatic rings. The fourth-order valence-electron chi connectivity index (χ4n) is 8.49. The largest absolute Gasteiger partial charge is 0.462 e. The van der Waals surface area contributed by atoms with E-state index in [1.165, 1.54) is 173 Å². The van der Waals surface area contributed by atoms with Crippen molar-refractivity contribution in [2.45, 2.75) is 309 Å². The maximum Gasteiger partial charge on any atom is 0.306 e. The molecule has 0 aromatic heterocycles. The highest BCUT2D eigenvalue weighted by Gasteiger charge is 2.19. The number of unbranched alkanes of at least 4 members (excludes halogenated alkanes) is 34. The third-order valence-corrected chi connectivity index (χ3v) is 12.8. The average molecular weight is 940 g/mol. The van der Waals surface area contributed by atoms with Gasteiger partial charge in [0.05, 0.1) is 0 Å². The summed E-state index contributed by atoms with van der Waals surface area (Å²) in [5.41, 5.74) is 0. The van der Waals surface area contributed by atoms with Gasteiger partial charge in [-0.25, -0.2) is 0 Å². The van der Waals surface area contributed by atoms with E-state index in [0.29, 0.717) is 19.3 Å². The van der Waals surface area contributed by atoms with Crippen LogP contribution in [0.15, 0.2) is 48.6 Å². The Kier molecular flexibility index (Phi) is 53.8. The Morgan fingerprint density at radius 3 is 0.910 bits per heavy atom. The van der Waals surface area contributed by atoms with Crippen LogP contribution in [-0.4, -0.2) is 37.2 Å². The maximum atomic E-state index is 12.8. The van der Waals surface area contributed by atoms with Crippen molar-refractivity contribution in [3.05, 3.63) is 48.6 Å². The molecule has 0 radical (unpaired) electrons. The number of hydrogen-bond donors (Lipinski definition) is 0. The van der Waals surface area contributed by atoms with Crippen molar-refractivity contribution in [2.75, 3.05) is 13.2 Å². The van der Waals surface area contributed by atoms with Gasteiger partial charge >= 0.3 is 17.9 Å². The van der Waals surface area contributed by atoms with Crippen LogP contribution >= 0.6 is 0 Å². The number of carbonyl (C=O) groups excluding carboxylic acids is 3. The molecular weight excluding hydrogens is 829 g/mol. The standard InChI is InChI=1S/C61H110O6/c1-4-7-10-13-15-17-19-21-23-25-26-27-28-29-30-31-32-33-34-36-37-39-41-43-45-48-51-54-60(63)66-57-58(56-65-59(62)53-50-47-12-9-6-3)67-61(64)55-52-49-46-44-42-40-38-35-24-22-20-18-16-14-11-8-5-2/h7,10,15,17,21,23,26-27,58H,4-6,8-9,11-14,16,18-20,22,24-25,28-57H2,1-3H3/b10-7-,17-15-,23-21-,27-26-. The summed E-state index contributed by atoms with van der Waals surface area (Å²) in [6, 6.07) is 0. The molecule has 0 aliphatic heterocycles. The van der Waals surface area contributed by atoms with Gasteiger partial charge in [-0.2, -0.15) is 0 Å². The van der Waals surface area contributed by atoms with Crippen molar-refractivity contribution in [2.24, 2.45) is 0 Å². The molecule has 1 unspecified atom stereocenters. The monoisotopic (exact) mass is 939 g/mol. The second-order valence-corrected chi connectivity index (χ2v) is 19.5. The third kappa shape index (κ3) is 54.2. The minimum absolute atomic E-state index is 0.0694. The quantitative estimate of drug-likeness (QED) is 0.0262. The van der Waals surface area contributed by atoms with Gasteiger partial charge in [0, 0.05) is 19.3 Å². The lowest BCUT2D eigenvalue weighted by Crippen LogP contribution is -2.30. The van der Waals surface area contributed by atoms with Crippen molar-refractivity contribution < 1.29 is 28.6 Å². The third-order valence-electron chi connectivity index (χ3n) is 12.8. The number of allylic oxidation sites excluding steroid dienone is 8. The molecule has 390 valence electrons. The molecule has 0 saturated heterocycles. The van der Waals surface area contributed by atoms with Crippen LogP contribution in [0.5, 0.6) is 0 Å². The highest BCUT2D eigenvalue weighted by Crippen LogP contribution is 2.17.